The van der Waals surface area contributed by atoms with Gasteiger partial charge in [-0.05, 0) is 4.57 Å². The molecule has 1 heterocycles. The van der Waals surface area contributed by atoms with Crippen molar-refractivity contribution in [3.8, 4) is 0 Å². The predicted molar refractivity (Wildman–Crippen MR) is 68.5 cm³/mol. The van der Waals surface area contributed by atoms with Crippen LogP contribution in [0.5, 0.6) is 0 Å². The van der Waals surface area contributed by atoms with E-state index in [-0.39, 0.29) is 13.2 Å². The van der Waals surface area contributed by atoms with Gasteiger partial charge in [0.15, 0.2) is 6.10 Å². The van der Waals surface area contributed by atoms with Gasteiger partial charge >= 0.3 is 8.25 Å². The van der Waals surface area contributed by atoms with Crippen molar-refractivity contribution in [1.29, 1.82) is 0 Å². The van der Waals surface area contributed by atoms with Gasteiger partial charge < -0.3 is 22.2 Å². The molecule has 5 unspecified atom stereocenters. The average Bonchev–Trinajstić information content (AvgIpc) is 2.57. The molecule has 0 amide bonds. The zero-order chi connectivity index (χ0) is 13.5. The molecule has 1 saturated heterocycles. The largest absolute Gasteiger partial charge is 0.566 e. The third-order valence-electron chi connectivity index (χ3n) is 2.38. The highest BCUT2D eigenvalue weighted by Crippen LogP contribution is 2.30. The number of rotatable bonds is 8. The van der Waals surface area contributed by atoms with Crippen LogP contribution in [0, 0.1) is 0 Å². The lowest BCUT2D eigenvalue weighted by molar-refractivity contribution is -0.194. The second-order valence-electron chi connectivity index (χ2n) is 3.54. The molecule has 0 aliphatic carbocycles. The summed E-state index contributed by atoms with van der Waals surface area (Å²) in [5, 5.41) is 0. The highest BCUT2D eigenvalue weighted by Gasteiger charge is 2.47. The Hall–Kier alpha value is 0.655. The molecule has 1 rings (SSSR count). The Balaban J connectivity index is 2.61. The first-order chi connectivity index (χ1) is 8.60. The Labute approximate surface area is 121 Å². The Morgan fingerprint density at radius 2 is 2.17 bits per heavy atom. The summed E-state index contributed by atoms with van der Waals surface area (Å²) in [5.41, 5.74) is 0. The average molecular weight is 390 g/mol. The summed E-state index contributed by atoms with van der Waals surface area (Å²) >= 11 is 1.68. The first-order valence-electron chi connectivity index (χ1n) is 5.16. The van der Waals surface area contributed by atoms with Crippen molar-refractivity contribution in [2.45, 2.75) is 24.3 Å². The summed E-state index contributed by atoms with van der Waals surface area (Å²) in [6, 6.07) is -0.765. The van der Waals surface area contributed by atoms with E-state index in [1.807, 2.05) is 0 Å². The molecule has 1 fully saturated rings. The number of ether oxygens (including phenoxy) is 3. The molecule has 0 aromatic heterocycles. The molecule has 10 heteroatoms. The maximum Gasteiger partial charge on any atom is 0.488 e. The van der Waals surface area contributed by atoms with E-state index in [0.717, 1.165) is 0 Å². The maximum atomic E-state index is 10.7. The summed E-state index contributed by atoms with van der Waals surface area (Å²) < 4.78 is 36.0. The summed E-state index contributed by atoms with van der Waals surface area (Å²) in [5.74, 6) is 0. The summed E-state index contributed by atoms with van der Waals surface area (Å²) in [6.45, 7) is 0.796. The Bertz CT molecular complexity index is 272. The SMILES string of the molecule is [B]C1OC(COI)C(O[P+](=O)[O-])C1OCCOC. The molecule has 1 aliphatic heterocycles. The van der Waals surface area contributed by atoms with Crippen LogP contribution in [-0.4, -0.2) is 59.1 Å². The van der Waals surface area contributed by atoms with Gasteiger partial charge in [-0.25, -0.2) is 0 Å². The van der Waals surface area contributed by atoms with Crippen molar-refractivity contribution >= 4 is 39.1 Å². The zero-order valence-corrected chi connectivity index (χ0v) is 12.7. The highest BCUT2D eigenvalue weighted by molar-refractivity contribution is 14.1. The van der Waals surface area contributed by atoms with Crippen LogP contribution in [0.4, 0.5) is 0 Å². The molecule has 0 aromatic rings. The first-order valence-corrected chi connectivity index (χ1v) is 7.14. The van der Waals surface area contributed by atoms with E-state index in [1.165, 1.54) is 7.11 Å². The van der Waals surface area contributed by atoms with Crippen LogP contribution < -0.4 is 4.89 Å². The predicted octanol–water partition coefficient (Wildman–Crippen LogP) is -0.319. The third-order valence-corrected chi connectivity index (χ3v) is 3.15. The molecule has 0 bridgehead atoms. The smallest absolute Gasteiger partial charge is 0.488 e. The van der Waals surface area contributed by atoms with Gasteiger partial charge in [-0.2, -0.15) is 0 Å². The van der Waals surface area contributed by atoms with Gasteiger partial charge in [0.05, 0.1) is 19.8 Å². The van der Waals surface area contributed by atoms with E-state index in [4.69, 9.17) is 29.6 Å². The topological polar surface area (TPSA) is 86.3 Å². The molecule has 0 spiro atoms. The van der Waals surface area contributed by atoms with Crippen molar-refractivity contribution in [3.05, 3.63) is 0 Å². The first kappa shape index (κ1) is 16.7. The lowest BCUT2D eigenvalue weighted by Gasteiger charge is -2.19. The fourth-order valence-electron chi connectivity index (χ4n) is 1.64. The van der Waals surface area contributed by atoms with Crippen molar-refractivity contribution in [1.82, 2.24) is 0 Å². The van der Waals surface area contributed by atoms with Crippen molar-refractivity contribution in [3.63, 3.8) is 0 Å². The molecule has 18 heavy (non-hydrogen) atoms. The number of halogens is 1. The molecule has 0 aromatic carbocycles. The minimum atomic E-state index is -3.02. The maximum absolute atomic E-state index is 10.7. The van der Waals surface area contributed by atoms with Crippen molar-refractivity contribution < 1.29 is 31.3 Å². The molecular formula is C8H13BIO7P. The Morgan fingerprint density at radius 1 is 1.44 bits per heavy atom. The van der Waals surface area contributed by atoms with E-state index in [0.29, 0.717) is 6.61 Å². The molecular weight excluding hydrogens is 377 g/mol. The van der Waals surface area contributed by atoms with Crippen LogP contribution in [-0.2, 0) is 26.4 Å². The highest BCUT2D eigenvalue weighted by atomic mass is 127. The summed E-state index contributed by atoms with van der Waals surface area (Å²) in [4.78, 5) is 10.7. The number of methoxy groups -OCH3 is 1. The second-order valence-corrected chi connectivity index (χ2v) is 4.82. The lowest BCUT2D eigenvalue weighted by atomic mass is 9.93. The van der Waals surface area contributed by atoms with Gasteiger partial charge in [0.1, 0.15) is 43.1 Å². The number of hydrogen-bond donors (Lipinski definition) is 0. The van der Waals surface area contributed by atoms with E-state index >= 15 is 0 Å². The van der Waals surface area contributed by atoms with Crippen molar-refractivity contribution in [2.24, 2.45) is 0 Å². The number of hydrogen-bond acceptors (Lipinski definition) is 7. The molecule has 1 aliphatic rings. The van der Waals surface area contributed by atoms with Crippen LogP contribution in [0.2, 0.25) is 0 Å². The Kier molecular flexibility index (Phi) is 8.12. The third kappa shape index (κ3) is 4.97. The van der Waals surface area contributed by atoms with E-state index in [9.17, 15) is 9.46 Å². The van der Waals surface area contributed by atoms with Crippen molar-refractivity contribution in [2.75, 3.05) is 26.9 Å². The molecule has 102 valence electrons. The quantitative estimate of drug-likeness (QED) is 0.243. The standard InChI is InChI=1S/C8H13BIO7P/c1-13-2-3-14-7-6(17-18(11)12)5(4-15-10)16-8(7)9/h5-8H,2-4H2,1H3. The fourth-order valence-corrected chi connectivity index (χ4v) is 2.44. The monoisotopic (exact) mass is 390 g/mol. The molecule has 7 nitrogen and oxygen atoms in total. The van der Waals surface area contributed by atoms with Gasteiger partial charge in [0.2, 0.25) is 0 Å². The van der Waals surface area contributed by atoms with E-state index in [2.05, 4.69) is 0 Å². The van der Waals surface area contributed by atoms with Crippen LogP contribution in [0.1, 0.15) is 0 Å². The van der Waals surface area contributed by atoms with Gasteiger partial charge in [0.25, 0.3) is 0 Å². The lowest BCUT2D eigenvalue weighted by Crippen LogP contribution is -2.38. The van der Waals surface area contributed by atoms with Gasteiger partial charge in [0, 0.05) is 13.1 Å². The normalized spacial score (nSPS) is 32.7. The second kappa shape index (κ2) is 8.75. The minimum absolute atomic E-state index is 0.159. The van der Waals surface area contributed by atoms with Crippen LogP contribution in [0.15, 0.2) is 0 Å². The molecule has 2 radical (unpaired) electrons. The molecule has 0 N–H and O–H groups in total. The molecule has 0 saturated carbocycles. The summed E-state index contributed by atoms with van der Waals surface area (Å²) in [6.07, 6.45) is -2.07. The van der Waals surface area contributed by atoms with Gasteiger partial charge in [-0.3, -0.25) is 0 Å². The van der Waals surface area contributed by atoms with E-state index in [1.54, 1.807) is 23.0 Å². The van der Waals surface area contributed by atoms with Crippen LogP contribution in [0.3, 0.4) is 0 Å². The van der Waals surface area contributed by atoms with Gasteiger partial charge in [-0.15, -0.1) is 4.52 Å². The zero-order valence-electron chi connectivity index (χ0n) is 9.69. The van der Waals surface area contributed by atoms with Crippen LogP contribution >= 0.6 is 31.3 Å². The fraction of sp³-hybridized carbons (Fsp3) is 1.00. The van der Waals surface area contributed by atoms with Crippen LogP contribution in [0.25, 0.3) is 0 Å². The Morgan fingerprint density at radius 3 is 2.72 bits per heavy atom. The van der Waals surface area contributed by atoms with Gasteiger partial charge in [-0.1, -0.05) is 0 Å². The van der Waals surface area contributed by atoms with E-state index < -0.39 is 32.6 Å². The summed E-state index contributed by atoms with van der Waals surface area (Å²) in [7, 11) is 4.24. The molecule has 5 atom stereocenters. The minimum Gasteiger partial charge on any atom is -0.566 e.